The molecule has 0 aliphatic heterocycles. The highest BCUT2D eigenvalue weighted by Crippen LogP contribution is 2.26. The molecule has 0 aliphatic rings. The molecule has 1 heterocycles. The minimum Gasteiger partial charge on any atom is -0.456 e. The molecule has 3 rings (SSSR count). The standard InChI is InChI=1S/C22H18Cl2F2N2O4/c1-12(13-2-5-16(23)17(24)8-13)28-20(29)11-31-22(30)7-6-21-27-10-19(32-21)15-4-3-14(25)9-18(15)26/h2-5,8-10,12H,6-7,11H2,1H3,(H,28,29). The van der Waals surface area contributed by atoms with Gasteiger partial charge in [0.15, 0.2) is 18.3 Å². The summed E-state index contributed by atoms with van der Waals surface area (Å²) in [7, 11) is 0. The van der Waals surface area contributed by atoms with Crippen molar-refractivity contribution in [2.24, 2.45) is 0 Å². The first-order valence-corrected chi connectivity index (χ1v) is 10.3. The van der Waals surface area contributed by atoms with Gasteiger partial charge in [-0.05, 0) is 36.8 Å². The number of aromatic nitrogens is 1. The molecule has 0 radical (unpaired) electrons. The lowest BCUT2D eigenvalue weighted by molar-refractivity contribution is -0.148. The molecular formula is C22H18Cl2F2N2O4. The number of carbonyl (C=O) groups is 2. The van der Waals surface area contributed by atoms with Gasteiger partial charge in [0.2, 0.25) is 0 Å². The van der Waals surface area contributed by atoms with Crippen LogP contribution in [0.2, 0.25) is 10.0 Å². The maximum atomic E-state index is 13.8. The molecule has 0 saturated carbocycles. The van der Waals surface area contributed by atoms with E-state index in [4.69, 9.17) is 32.4 Å². The average molecular weight is 483 g/mol. The number of nitrogens with one attached hydrogen (secondary N) is 1. The van der Waals surface area contributed by atoms with Crippen molar-refractivity contribution in [1.82, 2.24) is 10.3 Å². The molecule has 2 aromatic carbocycles. The van der Waals surface area contributed by atoms with Gasteiger partial charge in [0, 0.05) is 12.5 Å². The molecule has 0 aliphatic carbocycles. The van der Waals surface area contributed by atoms with E-state index in [2.05, 4.69) is 10.3 Å². The van der Waals surface area contributed by atoms with E-state index in [9.17, 15) is 18.4 Å². The van der Waals surface area contributed by atoms with Crippen LogP contribution in [-0.4, -0.2) is 23.5 Å². The van der Waals surface area contributed by atoms with Gasteiger partial charge in [-0.25, -0.2) is 13.8 Å². The number of carbonyl (C=O) groups excluding carboxylic acids is 2. The van der Waals surface area contributed by atoms with Gasteiger partial charge >= 0.3 is 5.97 Å². The molecule has 168 valence electrons. The number of halogens is 4. The summed E-state index contributed by atoms with van der Waals surface area (Å²) in [6.45, 7) is 1.30. The van der Waals surface area contributed by atoms with Crippen LogP contribution in [0.5, 0.6) is 0 Å². The highest BCUT2D eigenvalue weighted by Gasteiger charge is 2.15. The molecule has 1 atom stereocenters. The fraction of sp³-hybridized carbons (Fsp3) is 0.227. The van der Waals surface area contributed by atoms with E-state index in [0.717, 1.165) is 17.7 Å². The second-order valence-electron chi connectivity index (χ2n) is 6.87. The Morgan fingerprint density at radius 2 is 1.94 bits per heavy atom. The lowest BCUT2D eigenvalue weighted by Crippen LogP contribution is -2.31. The molecule has 0 saturated heterocycles. The molecule has 3 aromatic rings. The van der Waals surface area contributed by atoms with Gasteiger partial charge in [-0.2, -0.15) is 0 Å². The number of aryl methyl sites for hydroxylation is 1. The summed E-state index contributed by atoms with van der Waals surface area (Å²) >= 11 is 11.8. The van der Waals surface area contributed by atoms with Crippen molar-refractivity contribution in [2.45, 2.75) is 25.8 Å². The maximum Gasteiger partial charge on any atom is 0.306 e. The number of oxazole rings is 1. The predicted octanol–water partition coefficient (Wildman–Crippen LogP) is 5.28. The Morgan fingerprint density at radius 3 is 2.66 bits per heavy atom. The third kappa shape index (κ3) is 6.27. The van der Waals surface area contributed by atoms with E-state index in [1.165, 1.54) is 12.3 Å². The molecule has 1 unspecified atom stereocenters. The SMILES string of the molecule is CC(NC(=O)COC(=O)CCc1ncc(-c2ccc(F)cc2F)o1)c1ccc(Cl)c(Cl)c1. The predicted molar refractivity (Wildman–Crippen MR) is 114 cm³/mol. The molecule has 1 aromatic heterocycles. The maximum absolute atomic E-state index is 13.8. The third-order valence-corrected chi connectivity index (χ3v) is 5.22. The first kappa shape index (κ1) is 23.7. The highest BCUT2D eigenvalue weighted by atomic mass is 35.5. The Bertz CT molecular complexity index is 1140. The molecule has 1 amide bonds. The average Bonchev–Trinajstić information content (AvgIpc) is 3.21. The van der Waals surface area contributed by atoms with Gasteiger partial charge in [-0.15, -0.1) is 0 Å². The van der Waals surface area contributed by atoms with Crippen molar-refractivity contribution in [1.29, 1.82) is 0 Å². The number of nitrogens with zero attached hydrogens (tertiary/aromatic N) is 1. The zero-order valence-corrected chi connectivity index (χ0v) is 18.3. The lowest BCUT2D eigenvalue weighted by Gasteiger charge is -2.15. The Hall–Kier alpha value is -2.97. The minimum absolute atomic E-state index is 0.0560. The normalized spacial score (nSPS) is 11.8. The molecule has 1 N–H and O–H groups in total. The monoisotopic (exact) mass is 482 g/mol. The van der Waals surface area contributed by atoms with Crippen LogP contribution in [0.25, 0.3) is 11.3 Å². The fourth-order valence-corrected chi connectivity index (χ4v) is 3.12. The van der Waals surface area contributed by atoms with Crippen LogP contribution >= 0.6 is 23.2 Å². The number of ether oxygens (including phenoxy) is 1. The number of hydrogen-bond acceptors (Lipinski definition) is 5. The van der Waals surface area contributed by atoms with Gasteiger partial charge in [0.1, 0.15) is 11.6 Å². The quantitative estimate of drug-likeness (QED) is 0.441. The number of amides is 1. The summed E-state index contributed by atoms with van der Waals surface area (Å²) in [4.78, 5) is 27.9. The molecule has 32 heavy (non-hydrogen) atoms. The van der Waals surface area contributed by atoms with Crippen LogP contribution in [0, 0.1) is 11.6 Å². The third-order valence-electron chi connectivity index (χ3n) is 4.48. The topological polar surface area (TPSA) is 81.4 Å². The molecular weight excluding hydrogens is 465 g/mol. The summed E-state index contributed by atoms with van der Waals surface area (Å²) in [6, 6.07) is 7.71. The van der Waals surface area contributed by atoms with Gasteiger partial charge in [-0.3, -0.25) is 9.59 Å². The van der Waals surface area contributed by atoms with E-state index in [1.807, 2.05) is 0 Å². The van der Waals surface area contributed by atoms with Crippen LogP contribution < -0.4 is 5.32 Å². The largest absolute Gasteiger partial charge is 0.456 e. The van der Waals surface area contributed by atoms with Crippen LogP contribution in [0.3, 0.4) is 0 Å². The van der Waals surface area contributed by atoms with Crippen molar-refractivity contribution < 1.29 is 27.5 Å². The number of benzene rings is 2. The van der Waals surface area contributed by atoms with Crippen molar-refractivity contribution in [3.8, 4) is 11.3 Å². The summed E-state index contributed by atoms with van der Waals surface area (Å²) in [5.41, 5.74) is 0.803. The van der Waals surface area contributed by atoms with E-state index in [1.54, 1.807) is 25.1 Å². The van der Waals surface area contributed by atoms with Crippen LogP contribution in [-0.2, 0) is 20.7 Å². The summed E-state index contributed by atoms with van der Waals surface area (Å²) in [5.74, 6) is -2.31. The Balaban J connectivity index is 1.44. The van der Waals surface area contributed by atoms with E-state index in [0.29, 0.717) is 10.0 Å². The van der Waals surface area contributed by atoms with Crippen molar-refractivity contribution in [3.63, 3.8) is 0 Å². The number of rotatable bonds is 8. The molecule has 0 spiro atoms. The van der Waals surface area contributed by atoms with Gasteiger partial charge in [0.05, 0.1) is 34.3 Å². The Kier molecular flexibility index (Phi) is 7.82. The van der Waals surface area contributed by atoms with Crippen molar-refractivity contribution >= 4 is 35.1 Å². The van der Waals surface area contributed by atoms with Gasteiger partial charge in [-0.1, -0.05) is 29.3 Å². The van der Waals surface area contributed by atoms with E-state index < -0.39 is 30.1 Å². The number of esters is 1. The zero-order valence-electron chi connectivity index (χ0n) is 16.8. The molecule has 0 fully saturated rings. The first-order chi connectivity index (χ1) is 15.2. The second kappa shape index (κ2) is 10.6. The number of hydrogen-bond donors (Lipinski definition) is 1. The highest BCUT2D eigenvalue weighted by molar-refractivity contribution is 6.42. The first-order valence-electron chi connectivity index (χ1n) is 9.53. The molecule has 0 bridgehead atoms. The van der Waals surface area contributed by atoms with Gasteiger partial charge in [0.25, 0.3) is 5.91 Å². The Morgan fingerprint density at radius 1 is 1.16 bits per heavy atom. The second-order valence-corrected chi connectivity index (χ2v) is 7.68. The fourth-order valence-electron chi connectivity index (χ4n) is 2.82. The van der Waals surface area contributed by atoms with Crippen molar-refractivity contribution in [3.05, 3.63) is 75.7 Å². The Labute approximate surface area is 192 Å². The summed E-state index contributed by atoms with van der Waals surface area (Å²) in [6.07, 6.45) is 1.28. The van der Waals surface area contributed by atoms with E-state index >= 15 is 0 Å². The van der Waals surface area contributed by atoms with Crippen molar-refractivity contribution in [2.75, 3.05) is 6.61 Å². The van der Waals surface area contributed by atoms with Crippen LogP contribution in [0.1, 0.15) is 30.8 Å². The molecule has 6 nitrogen and oxygen atoms in total. The lowest BCUT2D eigenvalue weighted by atomic mass is 10.1. The van der Waals surface area contributed by atoms with Crippen LogP contribution in [0.15, 0.2) is 47.0 Å². The zero-order chi connectivity index (χ0) is 23.3. The smallest absolute Gasteiger partial charge is 0.306 e. The summed E-state index contributed by atoms with van der Waals surface area (Å²) in [5, 5.41) is 3.47. The summed E-state index contributed by atoms with van der Waals surface area (Å²) < 4.78 is 37.2. The van der Waals surface area contributed by atoms with Crippen LogP contribution in [0.4, 0.5) is 8.78 Å². The molecule has 10 heteroatoms. The minimum atomic E-state index is -0.784. The van der Waals surface area contributed by atoms with E-state index in [-0.39, 0.29) is 36.1 Å². The van der Waals surface area contributed by atoms with Gasteiger partial charge < -0.3 is 14.5 Å².